The molecule has 0 aliphatic rings. The van der Waals surface area contributed by atoms with Crippen LogP contribution in [0.3, 0.4) is 0 Å². The second-order valence-electron chi connectivity index (χ2n) is 5.67. The minimum Gasteiger partial charge on any atom is -0.475 e. The highest BCUT2D eigenvalue weighted by molar-refractivity contribution is 6.40. The number of hydrogen-bond donors (Lipinski definition) is 4. The van der Waals surface area contributed by atoms with E-state index in [0.29, 0.717) is 26.4 Å². The van der Waals surface area contributed by atoms with E-state index in [1.54, 1.807) is 36.4 Å². The number of benzene rings is 2. The summed E-state index contributed by atoms with van der Waals surface area (Å²) in [6.45, 7) is 1.73. The topological polar surface area (TPSA) is 168 Å². The fourth-order valence-corrected chi connectivity index (χ4v) is 1.88. The van der Waals surface area contributed by atoms with Crippen molar-refractivity contribution >= 4 is 23.5 Å². The lowest BCUT2D eigenvalue weighted by atomic mass is 10.1. The van der Waals surface area contributed by atoms with Crippen molar-refractivity contribution in [2.24, 2.45) is 0 Å². The third-order valence-corrected chi connectivity index (χ3v) is 3.30. The van der Waals surface area contributed by atoms with Crippen molar-refractivity contribution in [2.45, 2.75) is 0 Å². The maximum Gasteiger partial charge on any atom is 0.377 e. The number of ether oxygens (including phenoxy) is 2. The molecule has 0 bridgehead atoms. The van der Waals surface area contributed by atoms with E-state index < -0.39 is 23.5 Å². The molecule has 0 aromatic heterocycles. The Hall–Kier alpha value is -3.44. The van der Waals surface area contributed by atoms with Crippen LogP contribution in [-0.2, 0) is 19.1 Å². The van der Waals surface area contributed by atoms with Crippen LogP contribution in [0.4, 0.5) is 0 Å². The lowest BCUT2D eigenvalue weighted by Gasteiger charge is -2.01. The molecular weight excluding hydrogens is 424 g/mol. The fourth-order valence-electron chi connectivity index (χ4n) is 1.88. The number of carbonyl (C=O) groups is 4. The van der Waals surface area contributed by atoms with Gasteiger partial charge in [-0.15, -0.1) is 0 Å². The van der Waals surface area contributed by atoms with Gasteiger partial charge in [-0.3, -0.25) is 9.59 Å². The third-order valence-electron chi connectivity index (χ3n) is 3.30. The van der Waals surface area contributed by atoms with Crippen LogP contribution in [0.1, 0.15) is 20.7 Å². The standard InChI is InChI=1S/2C8H6O3.C6H14O4/c2*9-7(8(10)11)6-4-2-1-3-5-6;7-1-3-9-5-6-10-4-2-8/h2*1-5H,(H,10,11);7-8H,1-6H2. The number of aliphatic hydroxyl groups excluding tert-OH is 2. The molecule has 0 atom stereocenters. The Morgan fingerprint density at radius 1 is 0.562 bits per heavy atom. The fraction of sp³-hybridized carbons (Fsp3) is 0.273. The molecule has 2 aromatic rings. The first-order valence-electron chi connectivity index (χ1n) is 9.37. The molecule has 0 spiro atoms. The molecule has 0 saturated carbocycles. The summed E-state index contributed by atoms with van der Waals surface area (Å²) < 4.78 is 9.75. The molecule has 0 fully saturated rings. The van der Waals surface area contributed by atoms with E-state index in [4.69, 9.17) is 29.9 Å². The molecule has 10 nitrogen and oxygen atoms in total. The van der Waals surface area contributed by atoms with Crippen molar-refractivity contribution in [3.8, 4) is 0 Å². The molecule has 32 heavy (non-hydrogen) atoms. The molecule has 0 saturated heterocycles. The summed E-state index contributed by atoms with van der Waals surface area (Å²) in [7, 11) is 0. The first-order chi connectivity index (χ1) is 15.3. The molecule has 2 aromatic carbocycles. The van der Waals surface area contributed by atoms with E-state index in [1.165, 1.54) is 24.3 Å². The van der Waals surface area contributed by atoms with Crippen LogP contribution in [0, 0.1) is 0 Å². The molecule has 174 valence electrons. The SMILES string of the molecule is O=C(O)C(=O)c1ccccc1.O=C(O)C(=O)c1ccccc1.OCCOCCOCCO. The molecule has 0 radical (unpaired) electrons. The Balaban J connectivity index is 0.000000452. The number of rotatable bonds is 11. The smallest absolute Gasteiger partial charge is 0.377 e. The van der Waals surface area contributed by atoms with Crippen LogP contribution in [0.2, 0.25) is 0 Å². The lowest BCUT2D eigenvalue weighted by molar-refractivity contribution is -0.132. The molecule has 0 heterocycles. The Morgan fingerprint density at radius 3 is 1.12 bits per heavy atom. The molecule has 10 heteroatoms. The molecule has 0 aliphatic carbocycles. The van der Waals surface area contributed by atoms with Crippen LogP contribution in [0.15, 0.2) is 60.7 Å². The lowest BCUT2D eigenvalue weighted by Crippen LogP contribution is -2.12. The van der Waals surface area contributed by atoms with Gasteiger partial charge in [-0.05, 0) is 0 Å². The second-order valence-corrected chi connectivity index (χ2v) is 5.67. The quantitative estimate of drug-likeness (QED) is 0.219. The molecular formula is C22H26O10. The minimum absolute atomic E-state index is 0.0417. The number of carboxylic acid groups (broad SMARTS) is 2. The molecule has 2 rings (SSSR count). The van der Waals surface area contributed by atoms with E-state index >= 15 is 0 Å². The van der Waals surface area contributed by atoms with Crippen LogP contribution >= 0.6 is 0 Å². The minimum atomic E-state index is -1.42. The van der Waals surface area contributed by atoms with Gasteiger partial charge in [0.25, 0.3) is 11.6 Å². The van der Waals surface area contributed by atoms with E-state index in [0.717, 1.165) is 0 Å². The average Bonchev–Trinajstić information content (AvgIpc) is 2.82. The van der Waals surface area contributed by atoms with Crippen LogP contribution in [0.25, 0.3) is 0 Å². The number of Topliss-reactive ketones (excluding diaryl/α,β-unsaturated/α-hetero) is 2. The molecule has 0 aliphatic heterocycles. The summed E-state index contributed by atoms with van der Waals surface area (Å²) in [6.07, 6.45) is 0. The van der Waals surface area contributed by atoms with Crippen LogP contribution < -0.4 is 0 Å². The first-order valence-corrected chi connectivity index (χ1v) is 9.37. The summed E-state index contributed by atoms with van der Waals surface area (Å²) in [6, 6.07) is 15.8. The summed E-state index contributed by atoms with van der Waals surface area (Å²) in [5.74, 6) is -4.58. The number of hydrogen-bond acceptors (Lipinski definition) is 8. The predicted molar refractivity (Wildman–Crippen MR) is 113 cm³/mol. The van der Waals surface area contributed by atoms with E-state index in [1.807, 2.05) is 0 Å². The third kappa shape index (κ3) is 13.7. The highest BCUT2D eigenvalue weighted by Gasteiger charge is 2.13. The van der Waals surface area contributed by atoms with Gasteiger partial charge in [-0.1, -0.05) is 60.7 Å². The second kappa shape index (κ2) is 18.3. The van der Waals surface area contributed by atoms with Crippen molar-refractivity contribution < 1.29 is 49.1 Å². The summed E-state index contributed by atoms with van der Waals surface area (Å²) in [5, 5.41) is 33.1. The van der Waals surface area contributed by atoms with Crippen molar-refractivity contribution in [1.82, 2.24) is 0 Å². The maximum atomic E-state index is 10.7. The maximum absolute atomic E-state index is 10.7. The summed E-state index contributed by atoms with van der Waals surface area (Å²) in [4.78, 5) is 41.8. The van der Waals surface area contributed by atoms with Gasteiger partial charge in [0.15, 0.2) is 0 Å². The van der Waals surface area contributed by atoms with Crippen LogP contribution in [-0.4, -0.2) is 83.6 Å². The van der Waals surface area contributed by atoms with Gasteiger partial charge in [-0.25, -0.2) is 9.59 Å². The largest absolute Gasteiger partial charge is 0.475 e. The van der Waals surface area contributed by atoms with Crippen molar-refractivity contribution in [3.05, 3.63) is 71.8 Å². The normalized spacial score (nSPS) is 9.44. The van der Waals surface area contributed by atoms with E-state index in [9.17, 15) is 19.2 Å². The molecule has 0 unspecified atom stereocenters. The highest BCUT2D eigenvalue weighted by atomic mass is 16.5. The Morgan fingerprint density at radius 2 is 0.875 bits per heavy atom. The molecule has 4 N–H and O–H groups in total. The van der Waals surface area contributed by atoms with Gasteiger partial charge in [-0.2, -0.15) is 0 Å². The number of aliphatic hydroxyl groups is 2. The predicted octanol–water partition coefficient (Wildman–Crippen LogP) is 0.912. The van der Waals surface area contributed by atoms with Gasteiger partial charge in [0.1, 0.15) is 0 Å². The molecule has 0 amide bonds. The number of carboxylic acids is 2. The van der Waals surface area contributed by atoms with Crippen molar-refractivity contribution in [1.29, 1.82) is 0 Å². The van der Waals surface area contributed by atoms with Crippen molar-refractivity contribution in [3.63, 3.8) is 0 Å². The summed E-state index contributed by atoms with van der Waals surface area (Å²) in [5.41, 5.74) is 0.417. The first kappa shape index (κ1) is 28.6. The zero-order chi connectivity index (χ0) is 24.2. The number of ketones is 2. The zero-order valence-corrected chi connectivity index (χ0v) is 17.3. The average molecular weight is 450 g/mol. The Bertz CT molecular complexity index is 736. The number of aliphatic carboxylic acids is 2. The number of carbonyl (C=O) groups excluding carboxylic acids is 2. The van der Waals surface area contributed by atoms with Crippen LogP contribution in [0.5, 0.6) is 0 Å². The van der Waals surface area contributed by atoms with Gasteiger partial charge >= 0.3 is 11.9 Å². The van der Waals surface area contributed by atoms with E-state index in [2.05, 4.69) is 0 Å². The summed E-state index contributed by atoms with van der Waals surface area (Å²) >= 11 is 0. The van der Waals surface area contributed by atoms with Gasteiger partial charge in [0.2, 0.25) is 0 Å². The highest BCUT2D eigenvalue weighted by Crippen LogP contribution is 1.99. The van der Waals surface area contributed by atoms with Crippen molar-refractivity contribution in [2.75, 3.05) is 39.6 Å². The van der Waals surface area contributed by atoms with Gasteiger partial charge < -0.3 is 29.9 Å². The Kier molecular flexibility index (Phi) is 16.4. The Labute approximate surface area is 184 Å². The van der Waals surface area contributed by atoms with Gasteiger partial charge in [0, 0.05) is 11.1 Å². The van der Waals surface area contributed by atoms with Gasteiger partial charge in [0.05, 0.1) is 39.6 Å². The zero-order valence-electron chi connectivity index (χ0n) is 17.3. The monoisotopic (exact) mass is 450 g/mol. The van der Waals surface area contributed by atoms with E-state index in [-0.39, 0.29) is 24.3 Å².